The van der Waals surface area contributed by atoms with Crippen LogP contribution in [0.5, 0.6) is 0 Å². The van der Waals surface area contributed by atoms with E-state index in [-0.39, 0.29) is 11.7 Å². The van der Waals surface area contributed by atoms with E-state index in [0.29, 0.717) is 32.2 Å². The number of thioether (sulfide) groups is 1. The number of anilines is 1. The Hall–Kier alpha value is -2.66. The lowest BCUT2D eigenvalue weighted by Gasteiger charge is -2.09. The molecular weight excluding hydrogens is 548 g/mol. The quantitative estimate of drug-likeness (QED) is 0.156. The van der Waals surface area contributed by atoms with Gasteiger partial charge in [0, 0.05) is 38.3 Å². The Labute approximate surface area is 233 Å². The van der Waals surface area contributed by atoms with Crippen LogP contribution in [0.25, 0.3) is 22.5 Å². The molecule has 1 amide bonds. The number of thiophene rings is 2. The zero-order chi connectivity index (χ0) is 26.5. The van der Waals surface area contributed by atoms with Crippen LogP contribution >= 0.6 is 46.0 Å². The van der Waals surface area contributed by atoms with Crippen LogP contribution in [0.2, 0.25) is 5.02 Å². The molecule has 3 aromatic heterocycles. The first kappa shape index (κ1) is 27.4. The van der Waals surface area contributed by atoms with Gasteiger partial charge in [-0.3, -0.25) is 4.79 Å². The molecule has 1 N–H and O–H groups in total. The Morgan fingerprint density at radius 3 is 2.54 bits per heavy atom. The van der Waals surface area contributed by atoms with Crippen LogP contribution < -0.4 is 5.32 Å². The molecule has 0 bridgehead atoms. The summed E-state index contributed by atoms with van der Waals surface area (Å²) in [5.74, 6) is 0.623. The van der Waals surface area contributed by atoms with E-state index < -0.39 is 5.97 Å². The number of ether oxygens (including phenoxy) is 1. The van der Waals surface area contributed by atoms with Crippen molar-refractivity contribution in [3.63, 3.8) is 0 Å². The molecule has 4 rings (SSSR count). The number of halogens is 1. The number of carbonyl (C=O) groups is 2. The summed E-state index contributed by atoms with van der Waals surface area (Å²) in [4.78, 5) is 26.8. The molecule has 0 spiro atoms. The number of rotatable bonds is 10. The summed E-state index contributed by atoms with van der Waals surface area (Å²) in [6.45, 7) is 7.19. The van der Waals surface area contributed by atoms with Crippen LogP contribution in [0, 0.1) is 0 Å². The molecule has 3 heterocycles. The smallest absolute Gasteiger partial charge is 0.341 e. The number of esters is 1. The van der Waals surface area contributed by atoms with Crippen LogP contribution in [-0.4, -0.2) is 39.5 Å². The lowest BCUT2D eigenvalue weighted by Crippen LogP contribution is -2.16. The van der Waals surface area contributed by atoms with Crippen molar-refractivity contribution in [1.82, 2.24) is 14.8 Å². The highest BCUT2D eigenvalue weighted by atomic mass is 35.5. The number of hydrogen-bond acceptors (Lipinski definition) is 8. The second-order valence-corrected chi connectivity index (χ2v) is 11.7. The van der Waals surface area contributed by atoms with Crippen molar-refractivity contribution < 1.29 is 14.3 Å². The van der Waals surface area contributed by atoms with Crippen LogP contribution in [-0.2, 0) is 16.1 Å². The molecular formula is C26H27ClN4O3S3. The molecule has 194 valence electrons. The van der Waals surface area contributed by atoms with Crippen molar-refractivity contribution in [2.75, 3.05) is 18.2 Å². The Morgan fingerprint density at radius 2 is 1.89 bits per heavy atom. The molecule has 0 aliphatic rings. The van der Waals surface area contributed by atoms with E-state index in [1.165, 1.54) is 35.1 Å². The minimum Gasteiger partial charge on any atom is -0.465 e. The second-order valence-electron chi connectivity index (χ2n) is 8.54. The second kappa shape index (κ2) is 12.3. The van der Waals surface area contributed by atoms with E-state index >= 15 is 0 Å². The van der Waals surface area contributed by atoms with Crippen molar-refractivity contribution >= 4 is 62.9 Å². The van der Waals surface area contributed by atoms with Gasteiger partial charge in [-0.15, -0.1) is 32.9 Å². The highest BCUT2D eigenvalue weighted by molar-refractivity contribution is 7.99. The van der Waals surface area contributed by atoms with Crippen molar-refractivity contribution in [3.8, 4) is 22.5 Å². The van der Waals surface area contributed by atoms with E-state index in [9.17, 15) is 9.59 Å². The fourth-order valence-corrected chi connectivity index (χ4v) is 6.46. The minimum absolute atomic E-state index is 0.123. The first-order valence-electron chi connectivity index (χ1n) is 11.7. The highest BCUT2D eigenvalue weighted by Crippen LogP contribution is 2.37. The Bertz CT molecular complexity index is 1390. The van der Waals surface area contributed by atoms with Gasteiger partial charge in [-0.25, -0.2) is 4.79 Å². The normalized spacial score (nSPS) is 11.2. The fourth-order valence-electron chi connectivity index (χ4n) is 3.70. The minimum atomic E-state index is -0.516. The Kier molecular flexibility index (Phi) is 9.07. The topological polar surface area (TPSA) is 86.1 Å². The van der Waals surface area contributed by atoms with Gasteiger partial charge in [0.2, 0.25) is 5.91 Å². The number of nitrogens with one attached hydrogen (secondary N) is 1. The van der Waals surface area contributed by atoms with Gasteiger partial charge in [-0.05, 0) is 36.1 Å². The molecule has 0 atom stereocenters. The molecule has 11 heteroatoms. The molecule has 4 aromatic rings. The largest absolute Gasteiger partial charge is 0.465 e. The number of nitrogens with zero attached hydrogens (tertiary/aromatic N) is 3. The fraction of sp³-hybridized carbons (Fsp3) is 0.308. The first-order valence-corrected chi connectivity index (χ1v) is 14.8. The summed E-state index contributed by atoms with van der Waals surface area (Å²) in [6, 6.07) is 9.33. The molecule has 0 saturated carbocycles. The van der Waals surface area contributed by atoms with Crippen LogP contribution in [0.3, 0.4) is 0 Å². The maximum absolute atomic E-state index is 12.9. The van der Waals surface area contributed by atoms with Gasteiger partial charge in [-0.2, -0.15) is 0 Å². The third kappa shape index (κ3) is 6.26. The average molecular weight is 575 g/mol. The summed E-state index contributed by atoms with van der Waals surface area (Å²) in [5, 5.41) is 17.3. The number of methoxy groups -OCH3 is 1. The number of amides is 1. The summed E-state index contributed by atoms with van der Waals surface area (Å²) in [7, 11) is 1.32. The van der Waals surface area contributed by atoms with Gasteiger partial charge in [0.25, 0.3) is 0 Å². The molecule has 37 heavy (non-hydrogen) atoms. The zero-order valence-corrected chi connectivity index (χ0v) is 24.1. The van der Waals surface area contributed by atoms with Gasteiger partial charge in [0.1, 0.15) is 10.6 Å². The van der Waals surface area contributed by atoms with Crippen LogP contribution in [0.1, 0.15) is 48.3 Å². The van der Waals surface area contributed by atoms with Gasteiger partial charge in [0.15, 0.2) is 11.0 Å². The maximum atomic E-state index is 12.9. The Balaban J connectivity index is 1.51. The molecule has 0 aliphatic carbocycles. The summed E-state index contributed by atoms with van der Waals surface area (Å²) < 4.78 is 7.06. The Morgan fingerprint density at radius 1 is 1.14 bits per heavy atom. The van der Waals surface area contributed by atoms with Crippen LogP contribution in [0.4, 0.5) is 5.00 Å². The summed E-state index contributed by atoms with van der Waals surface area (Å²) >= 11 is 10.3. The molecule has 0 radical (unpaired) electrons. The number of hydrogen-bond donors (Lipinski definition) is 1. The lowest BCUT2D eigenvalue weighted by molar-refractivity contribution is -0.113. The van der Waals surface area contributed by atoms with E-state index in [2.05, 4.69) is 52.3 Å². The third-order valence-electron chi connectivity index (χ3n) is 5.53. The van der Waals surface area contributed by atoms with Crippen molar-refractivity contribution in [1.29, 1.82) is 0 Å². The van der Waals surface area contributed by atoms with Crippen molar-refractivity contribution in [3.05, 3.63) is 56.6 Å². The summed E-state index contributed by atoms with van der Waals surface area (Å²) in [5.41, 5.74) is 2.86. The van der Waals surface area contributed by atoms with E-state index in [1.807, 2.05) is 17.5 Å². The predicted molar refractivity (Wildman–Crippen MR) is 153 cm³/mol. The van der Waals surface area contributed by atoms with E-state index in [0.717, 1.165) is 29.9 Å². The maximum Gasteiger partial charge on any atom is 0.341 e. The molecule has 0 fully saturated rings. The predicted octanol–water partition coefficient (Wildman–Crippen LogP) is 7.44. The summed E-state index contributed by atoms with van der Waals surface area (Å²) in [6.07, 6.45) is 0.914. The average Bonchev–Trinajstić information content (AvgIpc) is 3.62. The van der Waals surface area contributed by atoms with Crippen molar-refractivity contribution in [2.45, 2.75) is 44.8 Å². The molecule has 1 aromatic carbocycles. The van der Waals surface area contributed by atoms with E-state index in [4.69, 9.17) is 16.3 Å². The standard InChI is InChI=1S/C26H27ClN4O3S3/c1-5-10-31-23(17-11-20(15(2)3)35-12-17)29-30-26(31)37-14-21(32)28-24-22(25(33)34-4)19(13-36-24)16-6-8-18(27)9-7-16/h6-9,11-13,15H,5,10,14H2,1-4H3,(H,28,32). The van der Waals surface area contributed by atoms with Crippen LogP contribution in [0.15, 0.2) is 46.2 Å². The SMILES string of the molecule is CCCn1c(SCC(=O)Nc2scc(-c3ccc(Cl)cc3)c2C(=O)OC)nnc1-c1csc(C(C)C)c1. The highest BCUT2D eigenvalue weighted by Gasteiger charge is 2.23. The monoisotopic (exact) mass is 574 g/mol. The number of aromatic nitrogens is 3. The first-order chi connectivity index (χ1) is 17.8. The molecule has 0 saturated heterocycles. The zero-order valence-electron chi connectivity index (χ0n) is 20.9. The van der Waals surface area contributed by atoms with Gasteiger partial charge in [-0.1, -0.05) is 56.3 Å². The lowest BCUT2D eigenvalue weighted by atomic mass is 10.0. The third-order valence-corrected chi connectivity index (χ3v) is 8.88. The van der Waals surface area contributed by atoms with Crippen molar-refractivity contribution in [2.24, 2.45) is 0 Å². The van der Waals surface area contributed by atoms with Gasteiger partial charge >= 0.3 is 5.97 Å². The van der Waals surface area contributed by atoms with Gasteiger partial charge in [0.05, 0.1) is 12.9 Å². The van der Waals surface area contributed by atoms with Gasteiger partial charge < -0.3 is 14.6 Å². The van der Waals surface area contributed by atoms with E-state index in [1.54, 1.807) is 23.5 Å². The molecule has 7 nitrogen and oxygen atoms in total. The number of benzene rings is 1. The number of carbonyl (C=O) groups excluding carboxylic acids is 2. The molecule has 0 unspecified atom stereocenters. The molecule has 0 aliphatic heterocycles.